The molecule has 3 aromatic rings. The molecular weight excluding hydrogens is 324 g/mol. The molecule has 0 unspecified atom stereocenters. The van der Waals surface area contributed by atoms with Crippen LogP contribution in [0.3, 0.4) is 0 Å². The lowest BCUT2D eigenvalue weighted by Gasteiger charge is -2.08. The largest absolute Gasteiger partial charge is 0.461 e. The van der Waals surface area contributed by atoms with Crippen molar-refractivity contribution in [2.24, 2.45) is 0 Å². The zero-order chi connectivity index (χ0) is 16.9. The highest BCUT2D eigenvalue weighted by Gasteiger charge is 2.16. The van der Waals surface area contributed by atoms with Crippen LogP contribution in [0, 0.1) is 0 Å². The Labute approximate surface area is 145 Å². The Morgan fingerprint density at radius 2 is 1.83 bits per heavy atom. The van der Waals surface area contributed by atoms with Crippen molar-refractivity contribution in [2.45, 2.75) is 13.5 Å². The molecule has 5 heteroatoms. The highest BCUT2D eigenvalue weighted by atomic mass is 35.5. The van der Waals surface area contributed by atoms with Crippen LogP contribution in [-0.2, 0) is 11.3 Å². The summed E-state index contributed by atoms with van der Waals surface area (Å²) >= 11 is 5.94. The van der Waals surface area contributed by atoms with Crippen molar-refractivity contribution >= 4 is 17.6 Å². The smallest absolute Gasteiger partial charge is 0.358 e. The monoisotopic (exact) mass is 340 g/mol. The molecule has 0 spiro atoms. The van der Waals surface area contributed by atoms with Crippen LogP contribution in [0.2, 0.25) is 5.02 Å². The fourth-order valence-corrected chi connectivity index (χ4v) is 2.57. The lowest BCUT2D eigenvalue weighted by Crippen LogP contribution is -2.08. The molecular formula is C19H17ClN2O2. The van der Waals surface area contributed by atoms with Crippen LogP contribution < -0.4 is 0 Å². The summed E-state index contributed by atoms with van der Waals surface area (Å²) in [5.41, 5.74) is 3.22. The Bertz CT molecular complexity index is 826. The fourth-order valence-electron chi connectivity index (χ4n) is 2.45. The number of carbonyl (C=O) groups is 1. The molecule has 0 atom stereocenters. The second-order valence-electron chi connectivity index (χ2n) is 5.29. The highest BCUT2D eigenvalue weighted by molar-refractivity contribution is 6.30. The van der Waals surface area contributed by atoms with E-state index in [1.54, 1.807) is 13.0 Å². The molecule has 3 rings (SSSR count). The van der Waals surface area contributed by atoms with E-state index in [9.17, 15) is 4.79 Å². The number of nitrogens with zero attached hydrogens (tertiary/aromatic N) is 2. The molecule has 4 nitrogen and oxygen atoms in total. The van der Waals surface area contributed by atoms with Gasteiger partial charge in [0.15, 0.2) is 5.69 Å². The first-order chi connectivity index (χ1) is 11.7. The number of carbonyl (C=O) groups excluding carboxylic acids is 1. The average molecular weight is 341 g/mol. The zero-order valence-corrected chi connectivity index (χ0v) is 14.0. The summed E-state index contributed by atoms with van der Waals surface area (Å²) < 4.78 is 6.88. The van der Waals surface area contributed by atoms with E-state index < -0.39 is 5.97 Å². The SMILES string of the molecule is CCOC(=O)c1cc(-c2ccccc2)n(Cc2ccc(Cl)cc2)n1. The van der Waals surface area contributed by atoms with Crippen LogP contribution in [-0.4, -0.2) is 22.4 Å². The Balaban J connectivity index is 1.99. The average Bonchev–Trinajstić information content (AvgIpc) is 3.02. The van der Waals surface area contributed by atoms with Gasteiger partial charge in [-0.1, -0.05) is 54.1 Å². The van der Waals surface area contributed by atoms with Crippen molar-refractivity contribution in [2.75, 3.05) is 6.61 Å². The molecule has 0 aliphatic heterocycles. The number of hydrogen-bond acceptors (Lipinski definition) is 3. The number of halogens is 1. The minimum Gasteiger partial charge on any atom is -0.461 e. The Hall–Kier alpha value is -2.59. The molecule has 0 saturated heterocycles. The number of rotatable bonds is 5. The predicted molar refractivity (Wildman–Crippen MR) is 94.2 cm³/mol. The van der Waals surface area contributed by atoms with E-state index in [-0.39, 0.29) is 0 Å². The molecule has 0 saturated carbocycles. The maximum Gasteiger partial charge on any atom is 0.358 e. The Kier molecular flexibility index (Phi) is 4.96. The van der Waals surface area contributed by atoms with Crippen LogP contribution in [0.5, 0.6) is 0 Å². The molecule has 0 radical (unpaired) electrons. The minimum absolute atomic E-state index is 0.310. The number of esters is 1. The van der Waals surface area contributed by atoms with Gasteiger partial charge in [-0.15, -0.1) is 0 Å². The first-order valence-electron chi connectivity index (χ1n) is 7.72. The maximum absolute atomic E-state index is 12.0. The summed E-state index contributed by atoms with van der Waals surface area (Å²) in [5.74, 6) is -0.412. The summed E-state index contributed by atoms with van der Waals surface area (Å²) in [4.78, 5) is 12.0. The third kappa shape index (κ3) is 3.66. The van der Waals surface area contributed by atoms with E-state index in [0.29, 0.717) is 23.9 Å². The van der Waals surface area contributed by atoms with Gasteiger partial charge in [-0.05, 0) is 36.2 Å². The van der Waals surface area contributed by atoms with E-state index in [0.717, 1.165) is 16.8 Å². The summed E-state index contributed by atoms with van der Waals surface area (Å²) in [6.07, 6.45) is 0. The van der Waals surface area contributed by atoms with Crippen molar-refractivity contribution in [3.05, 3.63) is 76.9 Å². The molecule has 0 aliphatic carbocycles. The first-order valence-corrected chi connectivity index (χ1v) is 8.10. The Morgan fingerprint density at radius 1 is 1.12 bits per heavy atom. The van der Waals surface area contributed by atoms with Gasteiger partial charge in [0.05, 0.1) is 18.8 Å². The molecule has 0 amide bonds. The third-order valence-electron chi connectivity index (χ3n) is 3.58. The van der Waals surface area contributed by atoms with Crippen molar-refractivity contribution in [1.82, 2.24) is 9.78 Å². The number of benzene rings is 2. The van der Waals surface area contributed by atoms with Gasteiger partial charge in [0.1, 0.15) is 0 Å². The molecule has 0 fully saturated rings. The number of aromatic nitrogens is 2. The number of ether oxygens (including phenoxy) is 1. The standard InChI is InChI=1S/C19H17ClN2O2/c1-2-24-19(23)17-12-18(15-6-4-3-5-7-15)22(21-17)13-14-8-10-16(20)11-9-14/h3-12H,2,13H2,1H3. The third-order valence-corrected chi connectivity index (χ3v) is 3.83. The van der Waals surface area contributed by atoms with E-state index in [1.807, 2.05) is 59.3 Å². The van der Waals surface area contributed by atoms with E-state index in [1.165, 1.54) is 0 Å². The second-order valence-corrected chi connectivity index (χ2v) is 5.72. The summed E-state index contributed by atoms with van der Waals surface area (Å²) in [6.45, 7) is 2.64. The molecule has 122 valence electrons. The topological polar surface area (TPSA) is 44.1 Å². The van der Waals surface area contributed by atoms with E-state index >= 15 is 0 Å². The van der Waals surface area contributed by atoms with Crippen LogP contribution in [0.1, 0.15) is 23.0 Å². The van der Waals surface area contributed by atoms with Crippen molar-refractivity contribution in [3.63, 3.8) is 0 Å². The quantitative estimate of drug-likeness (QED) is 0.645. The van der Waals surface area contributed by atoms with Gasteiger partial charge in [0.2, 0.25) is 0 Å². The molecule has 1 aromatic heterocycles. The Morgan fingerprint density at radius 3 is 2.50 bits per heavy atom. The van der Waals surface area contributed by atoms with Gasteiger partial charge in [0.25, 0.3) is 0 Å². The molecule has 2 aromatic carbocycles. The van der Waals surface area contributed by atoms with Crippen molar-refractivity contribution < 1.29 is 9.53 Å². The van der Waals surface area contributed by atoms with Crippen LogP contribution >= 0.6 is 11.6 Å². The molecule has 0 bridgehead atoms. The van der Waals surface area contributed by atoms with Crippen LogP contribution in [0.25, 0.3) is 11.3 Å². The normalized spacial score (nSPS) is 10.6. The van der Waals surface area contributed by atoms with E-state index in [4.69, 9.17) is 16.3 Å². The van der Waals surface area contributed by atoms with Crippen molar-refractivity contribution in [3.8, 4) is 11.3 Å². The van der Waals surface area contributed by atoms with Gasteiger partial charge >= 0.3 is 5.97 Å². The lowest BCUT2D eigenvalue weighted by molar-refractivity contribution is 0.0518. The van der Waals surface area contributed by atoms with Crippen LogP contribution in [0.15, 0.2) is 60.7 Å². The fraction of sp³-hybridized carbons (Fsp3) is 0.158. The van der Waals surface area contributed by atoms with Gasteiger partial charge < -0.3 is 4.74 Å². The highest BCUT2D eigenvalue weighted by Crippen LogP contribution is 2.22. The zero-order valence-electron chi connectivity index (χ0n) is 13.3. The van der Waals surface area contributed by atoms with E-state index in [2.05, 4.69) is 5.10 Å². The van der Waals surface area contributed by atoms with Gasteiger partial charge in [-0.25, -0.2) is 4.79 Å². The maximum atomic E-state index is 12.0. The van der Waals surface area contributed by atoms with Crippen LogP contribution in [0.4, 0.5) is 0 Å². The summed E-state index contributed by atoms with van der Waals surface area (Å²) in [6, 6.07) is 19.2. The first kappa shape index (κ1) is 16.3. The molecule has 24 heavy (non-hydrogen) atoms. The summed E-state index contributed by atoms with van der Waals surface area (Å²) in [7, 11) is 0. The predicted octanol–water partition coefficient (Wildman–Crippen LogP) is 4.43. The number of hydrogen-bond donors (Lipinski definition) is 0. The molecule has 1 heterocycles. The minimum atomic E-state index is -0.412. The second kappa shape index (κ2) is 7.32. The lowest BCUT2D eigenvalue weighted by atomic mass is 10.1. The van der Waals surface area contributed by atoms with Crippen molar-refractivity contribution in [1.29, 1.82) is 0 Å². The summed E-state index contributed by atoms with van der Waals surface area (Å²) in [5, 5.41) is 5.12. The van der Waals surface area contributed by atoms with Gasteiger partial charge in [-0.2, -0.15) is 5.10 Å². The van der Waals surface area contributed by atoms with Gasteiger partial charge in [-0.3, -0.25) is 4.68 Å². The molecule has 0 N–H and O–H groups in total. The van der Waals surface area contributed by atoms with Gasteiger partial charge in [0, 0.05) is 5.02 Å². The molecule has 0 aliphatic rings.